The predicted molar refractivity (Wildman–Crippen MR) is 84.5 cm³/mol. The standard InChI is InChI=1S/C15H18Cl3NO/c1-3-14(10(2)15(14,17)18)13(20)19-9-8-11-6-4-5-7-12(11)16/h4-7,10H,3,8-9H2,1-2H3,(H,19,20). The zero-order valence-corrected chi connectivity index (χ0v) is 13.8. The summed E-state index contributed by atoms with van der Waals surface area (Å²) in [5.41, 5.74) is 0.364. The first kappa shape index (κ1) is 15.9. The third-order valence-corrected chi connectivity index (χ3v) is 6.09. The minimum absolute atomic E-state index is 0.0244. The topological polar surface area (TPSA) is 29.1 Å². The van der Waals surface area contributed by atoms with Gasteiger partial charge in [-0.2, -0.15) is 0 Å². The molecule has 5 heteroatoms. The number of carbonyl (C=O) groups excluding carboxylic acids is 1. The van der Waals surface area contributed by atoms with Crippen LogP contribution < -0.4 is 5.32 Å². The third-order valence-electron chi connectivity index (χ3n) is 4.40. The quantitative estimate of drug-likeness (QED) is 0.803. The van der Waals surface area contributed by atoms with Gasteiger partial charge in [0.15, 0.2) is 0 Å². The maximum Gasteiger partial charge on any atom is 0.229 e. The highest BCUT2D eigenvalue weighted by Crippen LogP contribution is 2.70. The van der Waals surface area contributed by atoms with Gasteiger partial charge in [0.1, 0.15) is 4.33 Å². The van der Waals surface area contributed by atoms with E-state index in [4.69, 9.17) is 34.8 Å². The average molecular weight is 335 g/mol. The van der Waals surface area contributed by atoms with Gasteiger partial charge in [-0.15, -0.1) is 23.2 Å². The molecule has 1 amide bonds. The fourth-order valence-electron chi connectivity index (χ4n) is 2.86. The largest absolute Gasteiger partial charge is 0.355 e. The Morgan fingerprint density at radius 1 is 1.35 bits per heavy atom. The summed E-state index contributed by atoms with van der Waals surface area (Å²) in [7, 11) is 0. The molecule has 20 heavy (non-hydrogen) atoms. The number of alkyl halides is 2. The van der Waals surface area contributed by atoms with Crippen LogP contribution in [0.1, 0.15) is 25.8 Å². The van der Waals surface area contributed by atoms with Gasteiger partial charge in [0.25, 0.3) is 0 Å². The minimum Gasteiger partial charge on any atom is -0.355 e. The van der Waals surface area contributed by atoms with Gasteiger partial charge >= 0.3 is 0 Å². The zero-order chi connectivity index (χ0) is 15.0. The predicted octanol–water partition coefficient (Wildman–Crippen LogP) is 4.22. The number of benzene rings is 1. The fraction of sp³-hybridized carbons (Fsp3) is 0.533. The molecule has 2 rings (SSSR count). The van der Waals surface area contributed by atoms with E-state index in [0.717, 1.165) is 10.6 Å². The third kappa shape index (κ3) is 2.43. The second kappa shape index (κ2) is 5.75. The molecule has 1 aliphatic rings. The van der Waals surface area contributed by atoms with Crippen LogP contribution in [0.15, 0.2) is 24.3 Å². The van der Waals surface area contributed by atoms with Crippen molar-refractivity contribution in [3.05, 3.63) is 34.9 Å². The Morgan fingerprint density at radius 2 is 1.95 bits per heavy atom. The normalized spacial score (nSPS) is 27.1. The lowest BCUT2D eigenvalue weighted by Crippen LogP contribution is -2.36. The summed E-state index contributed by atoms with van der Waals surface area (Å²) < 4.78 is -0.948. The highest BCUT2D eigenvalue weighted by Gasteiger charge is 2.76. The summed E-state index contributed by atoms with van der Waals surface area (Å²) in [6.45, 7) is 4.38. The molecule has 110 valence electrons. The molecule has 2 unspecified atom stereocenters. The van der Waals surface area contributed by atoms with Crippen molar-refractivity contribution in [1.29, 1.82) is 0 Å². The van der Waals surface area contributed by atoms with Crippen molar-refractivity contribution in [2.75, 3.05) is 6.54 Å². The number of amides is 1. The van der Waals surface area contributed by atoms with Crippen molar-refractivity contribution in [1.82, 2.24) is 5.32 Å². The second-order valence-electron chi connectivity index (χ2n) is 5.27. The molecule has 0 bridgehead atoms. The van der Waals surface area contributed by atoms with Crippen molar-refractivity contribution < 1.29 is 4.79 Å². The van der Waals surface area contributed by atoms with Crippen molar-refractivity contribution in [3.8, 4) is 0 Å². The summed E-state index contributed by atoms with van der Waals surface area (Å²) >= 11 is 18.5. The number of hydrogen-bond donors (Lipinski definition) is 1. The molecule has 2 nitrogen and oxygen atoms in total. The molecule has 0 aromatic heterocycles. The maximum absolute atomic E-state index is 12.3. The Labute approximate surface area is 134 Å². The Hall–Kier alpha value is -0.440. The lowest BCUT2D eigenvalue weighted by atomic mass is 9.99. The molecule has 0 heterocycles. The molecule has 1 aromatic rings. The van der Waals surface area contributed by atoms with Gasteiger partial charge in [0, 0.05) is 17.5 Å². The second-order valence-corrected chi connectivity index (χ2v) is 7.06. The zero-order valence-electron chi connectivity index (χ0n) is 11.6. The smallest absolute Gasteiger partial charge is 0.229 e. The lowest BCUT2D eigenvalue weighted by Gasteiger charge is -2.16. The maximum atomic E-state index is 12.3. The lowest BCUT2D eigenvalue weighted by molar-refractivity contribution is -0.126. The fourth-order valence-corrected chi connectivity index (χ4v) is 4.12. The molecule has 1 saturated carbocycles. The Balaban J connectivity index is 1.93. The van der Waals surface area contributed by atoms with Gasteiger partial charge in [0.05, 0.1) is 5.41 Å². The number of rotatable bonds is 5. The Morgan fingerprint density at radius 3 is 2.45 bits per heavy atom. The van der Waals surface area contributed by atoms with E-state index in [2.05, 4.69) is 5.32 Å². The molecule has 2 atom stereocenters. The van der Waals surface area contributed by atoms with Gasteiger partial charge in [-0.05, 0) is 24.5 Å². The average Bonchev–Trinajstić information content (AvgIpc) is 2.86. The van der Waals surface area contributed by atoms with Gasteiger partial charge in [-0.1, -0.05) is 43.6 Å². The van der Waals surface area contributed by atoms with Gasteiger partial charge in [-0.3, -0.25) is 4.79 Å². The highest BCUT2D eigenvalue weighted by molar-refractivity contribution is 6.53. The number of hydrogen-bond acceptors (Lipinski definition) is 1. The van der Waals surface area contributed by atoms with Crippen LogP contribution in [-0.4, -0.2) is 16.8 Å². The molecule has 0 saturated heterocycles. The van der Waals surface area contributed by atoms with E-state index in [9.17, 15) is 4.79 Å². The first-order chi connectivity index (χ1) is 9.38. The minimum atomic E-state index is -0.948. The Kier molecular flexibility index (Phi) is 4.58. The van der Waals surface area contributed by atoms with E-state index in [1.54, 1.807) is 0 Å². The summed E-state index contributed by atoms with van der Waals surface area (Å²) in [4.78, 5) is 12.3. The highest BCUT2D eigenvalue weighted by atomic mass is 35.5. The van der Waals surface area contributed by atoms with Crippen molar-refractivity contribution in [3.63, 3.8) is 0 Å². The van der Waals surface area contributed by atoms with Crippen LogP contribution in [0.3, 0.4) is 0 Å². The molecule has 0 aliphatic heterocycles. The molecule has 1 N–H and O–H groups in total. The summed E-state index contributed by atoms with van der Waals surface area (Å²) in [5, 5.41) is 3.65. The molecule has 0 spiro atoms. The van der Waals surface area contributed by atoms with Crippen LogP contribution in [0, 0.1) is 11.3 Å². The molecule has 1 fully saturated rings. The van der Waals surface area contributed by atoms with Crippen LogP contribution in [-0.2, 0) is 11.2 Å². The summed E-state index contributed by atoms with van der Waals surface area (Å²) in [6.07, 6.45) is 1.33. The number of nitrogens with one attached hydrogen (secondary N) is 1. The van der Waals surface area contributed by atoms with Crippen molar-refractivity contribution in [2.24, 2.45) is 11.3 Å². The summed E-state index contributed by atoms with van der Waals surface area (Å²) in [6, 6.07) is 7.62. The van der Waals surface area contributed by atoms with Crippen LogP contribution in [0.5, 0.6) is 0 Å². The van der Waals surface area contributed by atoms with Crippen LogP contribution >= 0.6 is 34.8 Å². The molecular formula is C15H18Cl3NO. The molecule has 1 aliphatic carbocycles. The SMILES string of the molecule is CCC1(C(=O)NCCc2ccccc2Cl)C(C)C1(Cl)Cl. The first-order valence-electron chi connectivity index (χ1n) is 6.77. The van der Waals surface area contributed by atoms with E-state index in [0.29, 0.717) is 19.4 Å². The summed E-state index contributed by atoms with van der Waals surface area (Å²) in [5.74, 6) is -0.0896. The molecule has 1 aromatic carbocycles. The van der Waals surface area contributed by atoms with Crippen LogP contribution in [0.4, 0.5) is 0 Å². The van der Waals surface area contributed by atoms with Gasteiger partial charge in [-0.25, -0.2) is 0 Å². The van der Waals surface area contributed by atoms with Gasteiger partial charge in [0.2, 0.25) is 5.91 Å². The number of carbonyl (C=O) groups is 1. The molecular weight excluding hydrogens is 317 g/mol. The van der Waals surface area contributed by atoms with E-state index in [-0.39, 0.29) is 11.8 Å². The van der Waals surface area contributed by atoms with E-state index < -0.39 is 9.75 Å². The van der Waals surface area contributed by atoms with Gasteiger partial charge < -0.3 is 5.32 Å². The van der Waals surface area contributed by atoms with Crippen LogP contribution in [0.25, 0.3) is 0 Å². The van der Waals surface area contributed by atoms with Crippen LogP contribution in [0.2, 0.25) is 5.02 Å². The molecule has 0 radical (unpaired) electrons. The van der Waals surface area contributed by atoms with E-state index in [1.807, 2.05) is 38.1 Å². The van der Waals surface area contributed by atoms with Crippen molar-refractivity contribution in [2.45, 2.75) is 31.0 Å². The first-order valence-corrected chi connectivity index (χ1v) is 7.90. The van der Waals surface area contributed by atoms with E-state index >= 15 is 0 Å². The Bertz CT molecular complexity index is 518. The monoisotopic (exact) mass is 333 g/mol. The van der Waals surface area contributed by atoms with E-state index in [1.165, 1.54) is 0 Å². The van der Waals surface area contributed by atoms with Crippen molar-refractivity contribution >= 4 is 40.7 Å². The number of halogens is 3.